The number of hydrogen-bond donors (Lipinski definition) is 3. The van der Waals surface area contributed by atoms with E-state index in [1.807, 2.05) is 38.1 Å². The van der Waals surface area contributed by atoms with Gasteiger partial charge in [-0.25, -0.2) is 4.79 Å². The van der Waals surface area contributed by atoms with Crippen LogP contribution in [0.25, 0.3) is 0 Å². The Morgan fingerprint density at radius 3 is 2.52 bits per heavy atom. The highest BCUT2D eigenvalue weighted by Gasteiger charge is 2.03. The molecule has 3 N–H and O–H groups in total. The lowest BCUT2D eigenvalue weighted by Crippen LogP contribution is -2.25. The SMILES string of the molecule is C/C(=N/NC(=S)Nc1ccccc1C)c1ccc(OCC(=O)O)cc1. The van der Waals surface area contributed by atoms with Crippen LogP contribution in [0.4, 0.5) is 5.69 Å². The standard InChI is InChI=1S/C18H19N3O3S/c1-12-5-3-4-6-16(12)19-18(25)21-20-13(2)14-7-9-15(10-8-14)24-11-17(22)23/h3-10H,11H2,1-2H3,(H,22,23)(H2,19,21,25)/b20-13-. The fraction of sp³-hybridized carbons (Fsp3) is 0.167. The van der Waals surface area contributed by atoms with Crippen molar-refractivity contribution >= 4 is 34.7 Å². The molecule has 2 rings (SSSR count). The zero-order valence-corrected chi connectivity index (χ0v) is 14.8. The number of nitrogens with one attached hydrogen (secondary N) is 2. The molecule has 0 amide bonds. The van der Waals surface area contributed by atoms with E-state index in [4.69, 9.17) is 22.1 Å². The van der Waals surface area contributed by atoms with Gasteiger partial charge in [0.1, 0.15) is 5.75 Å². The molecule has 7 heteroatoms. The summed E-state index contributed by atoms with van der Waals surface area (Å²) in [6.07, 6.45) is 0. The number of benzene rings is 2. The van der Waals surface area contributed by atoms with E-state index in [1.54, 1.807) is 24.3 Å². The van der Waals surface area contributed by atoms with Crippen molar-refractivity contribution in [2.24, 2.45) is 5.10 Å². The number of para-hydroxylation sites is 1. The molecule has 2 aromatic rings. The highest BCUT2D eigenvalue weighted by Crippen LogP contribution is 2.14. The largest absolute Gasteiger partial charge is 0.482 e. The summed E-state index contributed by atoms with van der Waals surface area (Å²) in [4.78, 5) is 10.5. The molecule has 0 radical (unpaired) electrons. The molecule has 0 saturated carbocycles. The molecule has 0 atom stereocenters. The van der Waals surface area contributed by atoms with E-state index in [0.717, 1.165) is 22.5 Å². The predicted octanol–water partition coefficient (Wildman–Crippen LogP) is 3.17. The first-order valence-corrected chi connectivity index (χ1v) is 7.98. The topological polar surface area (TPSA) is 83.0 Å². The van der Waals surface area contributed by atoms with Gasteiger partial charge in [-0.05, 0) is 67.5 Å². The lowest BCUT2D eigenvalue weighted by atomic mass is 10.1. The molecule has 0 spiro atoms. The second-order valence-corrected chi connectivity index (χ2v) is 5.69. The van der Waals surface area contributed by atoms with Gasteiger partial charge in [0.05, 0.1) is 5.71 Å². The van der Waals surface area contributed by atoms with Crippen LogP contribution in [-0.2, 0) is 4.79 Å². The Hall–Kier alpha value is -2.93. The first kappa shape index (κ1) is 18.4. The zero-order valence-electron chi connectivity index (χ0n) is 13.9. The molecule has 0 fully saturated rings. The molecule has 0 bridgehead atoms. The van der Waals surface area contributed by atoms with Crippen molar-refractivity contribution < 1.29 is 14.6 Å². The maximum absolute atomic E-state index is 10.5. The van der Waals surface area contributed by atoms with E-state index in [1.165, 1.54) is 0 Å². The van der Waals surface area contributed by atoms with Gasteiger partial charge in [0.15, 0.2) is 11.7 Å². The lowest BCUT2D eigenvalue weighted by Gasteiger charge is -2.10. The van der Waals surface area contributed by atoms with Crippen LogP contribution in [0.2, 0.25) is 0 Å². The summed E-state index contributed by atoms with van der Waals surface area (Å²) in [6.45, 7) is 3.47. The summed E-state index contributed by atoms with van der Waals surface area (Å²) in [5, 5.41) is 16.3. The van der Waals surface area contributed by atoms with Crippen LogP contribution in [0.5, 0.6) is 5.75 Å². The lowest BCUT2D eigenvalue weighted by molar-refractivity contribution is -0.139. The molecule has 0 aliphatic heterocycles. The summed E-state index contributed by atoms with van der Waals surface area (Å²) in [5.41, 5.74) is 6.43. The highest BCUT2D eigenvalue weighted by atomic mass is 32.1. The van der Waals surface area contributed by atoms with Crippen molar-refractivity contribution in [3.63, 3.8) is 0 Å². The van der Waals surface area contributed by atoms with Crippen molar-refractivity contribution in [3.05, 3.63) is 59.7 Å². The zero-order chi connectivity index (χ0) is 18.2. The number of nitrogens with zero attached hydrogens (tertiary/aromatic N) is 1. The van der Waals surface area contributed by atoms with Gasteiger partial charge in [-0.3, -0.25) is 5.43 Å². The molecule has 0 aromatic heterocycles. The minimum Gasteiger partial charge on any atom is -0.482 e. The van der Waals surface area contributed by atoms with Crippen molar-refractivity contribution in [3.8, 4) is 5.75 Å². The second kappa shape index (κ2) is 8.79. The van der Waals surface area contributed by atoms with E-state index in [-0.39, 0.29) is 6.61 Å². The maximum Gasteiger partial charge on any atom is 0.341 e. The molecule has 130 valence electrons. The van der Waals surface area contributed by atoms with Crippen LogP contribution in [0.15, 0.2) is 53.6 Å². The van der Waals surface area contributed by atoms with Crippen molar-refractivity contribution in [2.75, 3.05) is 11.9 Å². The normalized spacial score (nSPS) is 10.9. The number of carboxylic acids is 1. The van der Waals surface area contributed by atoms with Crippen LogP contribution >= 0.6 is 12.2 Å². The molecule has 0 aliphatic carbocycles. The first-order valence-electron chi connectivity index (χ1n) is 7.57. The molecule has 0 aliphatic rings. The Morgan fingerprint density at radius 2 is 1.88 bits per heavy atom. The maximum atomic E-state index is 10.5. The minimum atomic E-state index is -1.01. The third-order valence-electron chi connectivity index (χ3n) is 3.35. The van der Waals surface area contributed by atoms with E-state index in [0.29, 0.717) is 10.9 Å². The van der Waals surface area contributed by atoms with Gasteiger partial charge in [0, 0.05) is 5.69 Å². The van der Waals surface area contributed by atoms with Crippen LogP contribution < -0.4 is 15.5 Å². The van der Waals surface area contributed by atoms with Gasteiger partial charge < -0.3 is 15.2 Å². The Kier molecular flexibility index (Phi) is 6.47. The van der Waals surface area contributed by atoms with Crippen LogP contribution in [0.1, 0.15) is 18.1 Å². The molecular formula is C18H19N3O3S. The van der Waals surface area contributed by atoms with Crippen LogP contribution in [0.3, 0.4) is 0 Å². The average Bonchev–Trinajstić information content (AvgIpc) is 2.60. The van der Waals surface area contributed by atoms with Crippen LogP contribution in [0, 0.1) is 6.92 Å². The third kappa shape index (κ3) is 5.89. The smallest absolute Gasteiger partial charge is 0.341 e. The van der Waals surface area contributed by atoms with Gasteiger partial charge in [0.2, 0.25) is 0 Å². The van der Waals surface area contributed by atoms with E-state index in [2.05, 4.69) is 15.8 Å². The minimum absolute atomic E-state index is 0.368. The first-order chi connectivity index (χ1) is 12.0. The fourth-order valence-corrected chi connectivity index (χ4v) is 2.16. The number of hydrazone groups is 1. The number of hydrogen-bond acceptors (Lipinski definition) is 4. The molecular weight excluding hydrogens is 338 g/mol. The van der Waals surface area contributed by atoms with Crippen molar-refractivity contribution in [2.45, 2.75) is 13.8 Å². The molecule has 0 unspecified atom stereocenters. The number of anilines is 1. The predicted molar refractivity (Wildman–Crippen MR) is 102 cm³/mol. The van der Waals surface area contributed by atoms with E-state index >= 15 is 0 Å². The number of ether oxygens (including phenoxy) is 1. The number of aryl methyl sites for hydroxylation is 1. The Bertz CT molecular complexity index is 788. The number of rotatable bonds is 6. The summed E-state index contributed by atoms with van der Waals surface area (Å²) in [5.74, 6) is -0.524. The average molecular weight is 357 g/mol. The molecule has 0 heterocycles. The third-order valence-corrected chi connectivity index (χ3v) is 3.55. The number of thiocarbonyl (C=S) groups is 1. The molecule has 6 nitrogen and oxygen atoms in total. The van der Waals surface area contributed by atoms with Gasteiger partial charge in [-0.2, -0.15) is 5.10 Å². The van der Waals surface area contributed by atoms with Gasteiger partial charge in [0.25, 0.3) is 0 Å². The molecule has 25 heavy (non-hydrogen) atoms. The van der Waals surface area contributed by atoms with Gasteiger partial charge >= 0.3 is 5.97 Å². The van der Waals surface area contributed by atoms with Gasteiger partial charge in [-0.15, -0.1) is 0 Å². The monoisotopic (exact) mass is 357 g/mol. The van der Waals surface area contributed by atoms with Crippen molar-refractivity contribution in [1.82, 2.24) is 5.43 Å². The van der Waals surface area contributed by atoms with Crippen molar-refractivity contribution in [1.29, 1.82) is 0 Å². The quantitative estimate of drug-likeness (QED) is 0.418. The number of carboxylic acid groups (broad SMARTS) is 1. The fourth-order valence-electron chi connectivity index (χ4n) is 2.00. The summed E-state index contributed by atoms with van der Waals surface area (Å²) < 4.78 is 5.09. The molecule has 2 aromatic carbocycles. The van der Waals surface area contributed by atoms with E-state index < -0.39 is 5.97 Å². The Labute approximate surface area is 151 Å². The number of carbonyl (C=O) groups is 1. The Balaban J connectivity index is 1.93. The summed E-state index contributed by atoms with van der Waals surface area (Å²) in [7, 11) is 0. The highest BCUT2D eigenvalue weighted by molar-refractivity contribution is 7.80. The van der Waals surface area contributed by atoms with Crippen LogP contribution in [-0.4, -0.2) is 28.5 Å². The number of aliphatic carboxylic acids is 1. The van der Waals surface area contributed by atoms with Gasteiger partial charge in [-0.1, -0.05) is 18.2 Å². The summed E-state index contributed by atoms with van der Waals surface area (Å²) in [6, 6.07) is 14.8. The Morgan fingerprint density at radius 1 is 1.20 bits per heavy atom. The molecule has 0 saturated heterocycles. The summed E-state index contributed by atoms with van der Waals surface area (Å²) >= 11 is 5.24. The second-order valence-electron chi connectivity index (χ2n) is 5.28. The van der Waals surface area contributed by atoms with E-state index in [9.17, 15) is 4.79 Å².